The van der Waals surface area contributed by atoms with Gasteiger partial charge in [-0.1, -0.05) is 17.7 Å². The predicted molar refractivity (Wildman–Crippen MR) is 55.8 cm³/mol. The molecule has 13 heavy (non-hydrogen) atoms. The first-order valence-corrected chi connectivity index (χ1v) is 4.15. The Bertz CT molecular complexity index is 166. The lowest BCUT2D eigenvalue weighted by Crippen LogP contribution is -2.12. The van der Waals surface area contributed by atoms with Crippen molar-refractivity contribution in [1.29, 1.82) is 0 Å². The molecule has 0 rings (SSSR count). The SMILES string of the molecule is C=CCNCC=C(C)C.CC(=O)O. The maximum atomic E-state index is 9.00. The molecule has 76 valence electrons. The lowest BCUT2D eigenvalue weighted by atomic mass is 10.3. The third kappa shape index (κ3) is 35.9. The number of allylic oxidation sites excluding steroid dienone is 1. The average molecular weight is 185 g/mol. The van der Waals surface area contributed by atoms with Crippen molar-refractivity contribution < 1.29 is 9.90 Å². The summed E-state index contributed by atoms with van der Waals surface area (Å²) in [7, 11) is 0. The van der Waals surface area contributed by atoms with Gasteiger partial charge in [-0.25, -0.2) is 0 Å². The summed E-state index contributed by atoms with van der Waals surface area (Å²) >= 11 is 0. The van der Waals surface area contributed by atoms with Crippen LogP contribution >= 0.6 is 0 Å². The number of carboxylic acid groups (broad SMARTS) is 1. The molecule has 0 radical (unpaired) electrons. The molecule has 2 N–H and O–H groups in total. The monoisotopic (exact) mass is 185 g/mol. The van der Waals surface area contributed by atoms with E-state index < -0.39 is 5.97 Å². The van der Waals surface area contributed by atoms with Crippen LogP contribution in [0.3, 0.4) is 0 Å². The van der Waals surface area contributed by atoms with Gasteiger partial charge in [-0.05, 0) is 13.8 Å². The quantitative estimate of drug-likeness (QED) is 0.519. The number of nitrogens with one attached hydrogen (secondary N) is 1. The number of hydrogen-bond donors (Lipinski definition) is 2. The topological polar surface area (TPSA) is 49.3 Å². The van der Waals surface area contributed by atoms with Gasteiger partial charge in [0.15, 0.2) is 0 Å². The number of carbonyl (C=O) groups is 1. The summed E-state index contributed by atoms with van der Waals surface area (Å²) < 4.78 is 0. The van der Waals surface area contributed by atoms with Crippen LogP contribution in [0, 0.1) is 0 Å². The first-order chi connectivity index (χ1) is 6.00. The van der Waals surface area contributed by atoms with E-state index in [9.17, 15) is 0 Å². The van der Waals surface area contributed by atoms with Crippen molar-refractivity contribution in [2.75, 3.05) is 13.1 Å². The van der Waals surface area contributed by atoms with Gasteiger partial charge in [0.25, 0.3) is 5.97 Å². The van der Waals surface area contributed by atoms with Crippen molar-refractivity contribution in [2.45, 2.75) is 20.8 Å². The molecule has 0 saturated heterocycles. The summed E-state index contributed by atoms with van der Waals surface area (Å²) in [5, 5.41) is 10.6. The highest BCUT2D eigenvalue weighted by molar-refractivity contribution is 5.62. The number of hydrogen-bond acceptors (Lipinski definition) is 2. The Morgan fingerprint density at radius 2 is 1.85 bits per heavy atom. The minimum absolute atomic E-state index is 0.833. The lowest BCUT2D eigenvalue weighted by Gasteiger charge is -1.94. The van der Waals surface area contributed by atoms with Gasteiger partial charge in [-0.2, -0.15) is 0 Å². The van der Waals surface area contributed by atoms with E-state index in [2.05, 4.69) is 31.8 Å². The standard InChI is InChI=1S/C8H15N.C2H4O2/c1-4-6-9-7-5-8(2)3;1-2(3)4/h4-5,9H,1,6-7H2,2-3H3;1H3,(H,3,4). The normalized spacial score (nSPS) is 7.92. The summed E-state index contributed by atoms with van der Waals surface area (Å²) in [6.45, 7) is 10.7. The molecule has 0 aromatic carbocycles. The van der Waals surface area contributed by atoms with Crippen molar-refractivity contribution in [3.63, 3.8) is 0 Å². The van der Waals surface area contributed by atoms with Crippen molar-refractivity contribution in [3.05, 3.63) is 24.3 Å². The van der Waals surface area contributed by atoms with Crippen molar-refractivity contribution in [2.24, 2.45) is 0 Å². The molecule has 0 spiro atoms. The molecule has 3 heteroatoms. The zero-order chi connectivity index (χ0) is 10.7. The summed E-state index contributed by atoms with van der Waals surface area (Å²) in [5.74, 6) is -0.833. The highest BCUT2D eigenvalue weighted by atomic mass is 16.4. The van der Waals surface area contributed by atoms with Crippen LogP contribution in [0.1, 0.15) is 20.8 Å². The molecule has 0 aliphatic heterocycles. The van der Waals surface area contributed by atoms with Gasteiger partial charge in [0, 0.05) is 20.0 Å². The van der Waals surface area contributed by atoms with Gasteiger partial charge in [-0.3, -0.25) is 4.79 Å². The van der Waals surface area contributed by atoms with Crippen LogP contribution in [0.5, 0.6) is 0 Å². The van der Waals surface area contributed by atoms with Crippen LogP contribution < -0.4 is 5.32 Å². The van der Waals surface area contributed by atoms with E-state index in [1.807, 2.05) is 6.08 Å². The molecule has 0 atom stereocenters. The number of carboxylic acids is 1. The molecule has 0 unspecified atom stereocenters. The second-order valence-electron chi connectivity index (χ2n) is 2.75. The molecule has 0 aromatic heterocycles. The number of rotatable bonds is 4. The summed E-state index contributed by atoms with van der Waals surface area (Å²) in [6.07, 6.45) is 4.02. The Morgan fingerprint density at radius 1 is 1.38 bits per heavy atom. The summed E-state index contributed by atoms with van der Waals surface area (Å²) in [4.78, 5) is 9.00. The molecule has 0 aromatic rings. The van der Waals surface area contributed by atoms with Crippen LogP contribution in [-0.4, -0.2) is 24.2 Å². The van der Waals surface area contributed by atoms with E-state index in [0.29, 0.717) is 0 Å². The molecular formula is C10H19NO2. The van der Waals surface area contributed by atoms with Gasteiger partial charge in [0.2, 0.25) is 0 Å². The fourth-order valence-corrected chi connectivity index (χ4v) is 0.462. The molecule has 0 heterocycles. The van der Waals surface area contributed by atoms with Gasteiger partial charge < -0.3 is 10.4 Å². The molecular weight excluding hydrogens is 166 g/mol. The Kier molecular flexibility index (Phi) is 12.1. The first kappa shape index (κ1) is 14.4. The smallest absolute Gasteiger partial charge is 0.300 e. The Labute approximate surface area is 80.2 Å². The Morgan fingerprint density at radius 3 is 2.15 bits per heavy atom. The van der Waals surface area contributed by atoms with Crippen LogP contribution in [0.15, 0.2) is 24.3 Å². The minimum Gasteiger partial charge on any atom is -0.481 e. The zero-order valence-electron chi connectivity index (χ0n) is 8.63. The Balaban J connectivity index is 0. The van der Waals surface area contributed by atoms with E-state index in [1.54, 1.807) is 0 Å². The van der Waals surface area contributed by atoms with E-state index in [4.69, 9.17) is 9.90 Å². The van der Waals surface area contributed by atoms with E-state index >= 15 is 0 Å². The van der Waals surface area contributed by atoms with Crippen molar-refractivity contribution in [1.82, 2.24) is 5.32 Å². The highest BCUT2D eigenvalue weighted by Gasteiger charge is 1.76. The molecule has 0 saturated carbocycles. The van der Waals surface area contributed by atoms with Crippen LogP contribution in [0.4, 0.5) is 0 Å². The Hall–Kier alpha value is -1.09. The fourth-order valence-electron chi connectivity index (χ4n) is 0.462. The predicted octanol–water partition coefficient (Wildman–Crippen LogP) is 1.82. The lowest BCUT2D eigenvalue weighted by molar-refractivity contribution is -0.134. The van der Waals surface area contributed by atoms with E-state index in [1.165, 1.54) is 5.57 Å². The summed E-state index contributed by atoms with van der Waals surface area (Å²) in [5.41, 5.74) is 1.35. The highest BCUT2D eigenvalue weighted by Crippen LogP contribution is 1.84. The van der Waals surface area contributed by atoms with Crippen LogP contribution in [0.25, 0.3) is 0 Å². The third-order valence-corrected chi connectivity index (χ3v) is 0.943. The van der Waals surface area contributed by atoms with Crippen LogP contribution in [-0.2, 0) is 4.79 Å². The maximum absolute atomic E-state index is 9.00. The van der Waals surface area contributed by atoms with Gasteiger partial charge >= 0.3 is 0 Å². The largest absolute Gasteiger partial charge is 0.481 e. The molecule has 0 fully saturated rings. The molecule has 0 aliphatic carbocycles. The van der Waals surface area contributed by atoms with Gasteiger partial charge in [0.1, 0.15) is 0 Å². The van der Waals surface area contributed by atoms with E-state index in [-0.39, 0.29) is 0 Å². The van der Waals surface area contributed by atoms with E-state index in [0.717, 1.165) is 20.0 Å². The first-order valence-electron chi connectivity index (χ1n) is 4.15. The average Bonchev–Trinajstić information content (AvgIpc) is 1.97. The zero-order valence-corrected chi connectivity index (χ0v) is 8.63. The summed E-state index contributed by atoms with van der Waals surface area (Å²) in [6, 6.07) is 0. The number of aliphatic carboxylic acids is 1. The van der Waals surface area contributed by atoms with Crippen molar-refractivity contribution >= 4 is 5.97 Å². The molecule has 3 nitrogen and oxygen atoms in total. The van der Waals surface area contributed by atoms with Crippen molar-refractivity contribution in [3.8, 4) is 0 Å². The molecule has 0 amide bonds. The maximum Gasteiger partial charge on any atom is 0.300 e. The third-order valence-electron chi connectivity index (χ3n) is 0.943. The van der Waals surface area contributed by atoms with Gasteiger partial charge in [0.05, 0.1) is 0 Å². The van der Waals surface area contributed by atoms with Gasteiger partial charge in [-0.15, -0.1) is 6.58 Å². The second kappa shape index (κ2) is 10.9. The molecule has 0 aliphatic rings. The minimum atomic E-state index is -0.833. The van der Waals surface area contributed by atoms with Crippen LogP contribution in [0.2, 0.25) is 0 Å². The second-order valence-corrected chi connectivity index (χ2v) is 2.75. The molecule has 0 bridgehead atoms. The fraction of sp³-hybridized carbons (Fsp3) is 0.500.